The monoisotopic (exact) mass is 256 g/mol. The van der Waals surface area contributed by atoms with Gasteiger partial charge in [-0.2, -0.15) is 0 Å². The first-order chi connectivity index (χ1) is 7.67. The molecular formula is C16H39BN+. The topological polar surface area (TPSA) is 0 Å². The molecule has 0 rings (SSSR count). The number of hydrogen-bond acceptors (Lipinski definition) is 0. The lowest BCUT2D eigenvalue weighted by atomic mass is 10.0. The van der Waals surface area contributed by atoms with Crippen molar-refractivity contribution in [1.29, 1.82) is 0 Å². The molecule has 0 aliphatic rings. The highest BCUT2D eigenvalue weighted by Crippen LogP contribution is 2.21. The molecule has 2 heteroatoms. The highest BCUT2D eigenvalue weighted by Gasteiger charge is 2.31. The van der Waals surface area contributed by atoms with E-state index in [-0.39, 0.29) is 8.41 Å². The fraction of sp³-hybridized carbons (Fsp3) is 1.00. The second-order valence-electron chi connectivity index (χ2n) is 7.65. The Morgan fingerprint density at radius 3 is 0.778 bits per heavy atom. The van der Waals surface area contributed by atoms with Crippen LogP contribution in [0.5, 0.6) is 0 Å². The first kappa shape index (κ1) is 20.3. The van der Waals surface area contributed by atoms with Crippen LogP contribution >= 0.6 is 0 Å². The van der Waals surface area contributed by atoms with Crippen LogP contribution in [0, 0.1) is 23.7 Å². The van der Waals surface area contributed by atoms with Gasteiger partial charge in [-0.05, 0) is 0 Å². The molecule has 0 fully saturated rings. The summed E-state index contributed by atoms with van der Waals surface area (Å²) in [7, 11) is 0. The largest absolute Gasteiger partial charge is 0.323 e. The Morgan fingerprint density at radius 2 is 0.667 bits per heavy atom. The van der Waals surface area contributed by atoms with Gasteiger partial charge in [0.2, 0.25) is 0 Å². The molecule has 0 saturated heterocycles. The molecule has 0 N–H and O–H groups in total. The molecule has 0 atom stereocenters. The molecule has 0 aromatic heterocycles. The second kappa shape index (κ2) is 9.01. The summed E-state index contributed by atoms with van der Waals surface area (Å²) in [6.45, 7) is 24.3. The predicted molar refractivity (Wildman–Crippen MR) is 89.0 cm³/mol. The van der Waals surface area contributed by atoms with Gasteiger partial charge in [0, 0.05) is 23.7 Å². The lowest BCUT2D eigenvalue weighted by molar-refractivity contribution is -0.938. The van der Waals surface area contributed by atoms with E-state index in [9.17, 15) is 0 Å². The maximum Gasteiger partial charge on any atom is 0.0814 e. The van der Waals surface area contributed by atoms with Crippen molar-refractivity contribution in [3.05, 3.63) is 0 Å². The molecule has 0 heterocycles. The lowest BCUT2D eigenvalue weighted by Gasteiger charge is -2.44. The van der Waals surface area contributed by atoms with Gasteiger partial charge in [0.15, 0.2) is 0 Å². The third-order valence-corrected chi connectivity index (χ3v) is 3.01. The normalized spacial score (nSPS) is 12.7. The average molecular weight is 256 g/mol. The van der Waals surface area contributed by atoms with Crippen molar-refractivity contribution in [2.24, 2.45) is 23.7 Å². The molecule has 0 aromatic rings. The van der Waals surface area contributed by atoms with Crippen LogP contribution in [0.25, 0.3) is 0 Å². The van der Waals surface area contributed by atoms with Crippen LogP contribution < -0.4 is 0 Å². The van der Waals surface area contributed by atoms with Gasteiger partial charge in [0.25, 0.3) is 0 Å². The molecule has 0 bridgehead atoms. The zero-order valence-corrected chi connectivity index (χ0v) is 13.6. The third kappa shape index (κ3) is 9.02. The molecule has 0 aliphatic heterocycles. The van der Waals surface area contributed by atoms with Gasteiger partial charge >= 0.3 is 0 Å². The second-order valence-corrected chi connectivity index (χ2v) is 7.65. The fourth-order valence-electron chi connectivity index (χ4n) is 3.55. The summed E-state index contributed by atoms with van der Waals surface area (Å²) < 4.78 is 1.32. The van der Waals surface area contributed by atoms with E-state index in [0.717, 1.165) is 23.7 Å². The standard InChI is InChI=1S/C16H36N.BH3/c1-13(2)9-17(10-14(3)4,11-15(5)6)12-16(7)8;/h13-16H,9-12H2,1-8H3;1H3/q+1;. The smallest absolute Gasteiger partial charge is 0.0814 e. The molecular weight excluding hydrogens is 217 g/mol. The molecule has 110 valence electrons. The maximum absolute atomic E-state index is 2.37. The molecule has 1 nitrogen and oxygen atoms in total. The molecule has 0 spiro atoms. The molecule has 0 saturated carbocycles. The van der Waals surface area contributed by atoms with Gasteiger partial charge in [-0.3, -0.25) is 0 Å². The summed E-state index contributed by atoms with van der Waals surface area (Å²) in [6, 6.07) is 0. The summed E-state index contributed by atoms with van der Waals surface area (Å²) in [4.78, 5) is 0. The van der Waals surface area contributed by atoms with E-state index in [1.165, 1.54) is 30.7 Å². The van der Waals surface area contributed by atoms with Crippen LogP contribution in [0.2, 0.25) is 0 Å². The van der Waals surface area contributed by atoms with E-state index >= 15 is 0 Å². The van der Waals surface area contributed by atoms with Crippen molar-refractivity contribution in [1.82, 2.24) is 0 Å². The van der Waals surface area contributed by atoms with Crippen LogP contribution in [-0.4, -0.2) is 39.1 Å². The maximum atomic E-state index is 2.37. The van der Waals surface area contributed by atoms with Crippen molar-refractivity contribution >= 4 is 8.41 Å². The Morgan fingerprint density at radius 1 is 0.500 bits per heavy atom. The minimum atomic E-state index is 0. The fourth-order valence-corrected chi connectivity index (χ4v) is 3.55. The van der Waals surface area contributed by atoms with Crippen molar-refractivity contribution in [3.8, 4) is 0 Å². The van der Waals surface area contributed by atoms with Crippen LogP contribution in [0.15, 0.2) is 0 Å². The Balaban J connectivity index is 0. The van der Waals surface area contributed by atoms with Crippen LogP contribution in [0.3, 0.4) is 0 Å². The predicted octanol–water partition coefficient (Wildman–Crippen LogP) is 3.24. The average Bonchev–Trinajstić information content (AvgIpc) is 1.95. The Kier molecular flexibility index (Phi) is 10.2. The highest BCUT2D eigenvalue weighted by atomic mass is 15.4. The molecule has 0 aliphatic carbocycles. The summed E-state index contributed by atoms with van der Waals surface area (Å²) in [5.74, 6) is 3.19. The van der Waals surface area contributed by atoms with Gasteiger partial charge in [-0.25, -0.2) is 0 Å². The first-order valence-corrected chi connectivity index (χ1v) is 7.52. The summed E-state index contributed by atoms with van der Waals surface area (Å²) in [5, 5.41) is 0. The minimum Gasteiger partial charge on any atom is -0.323 e. The van der Waals surface area contributed by atoms with Crippen LogP contribution in [0.1, 0.15) is 55.4 Å². The van der Waals surface area contributed by atoms with E-state index in [1.807, 2.05) is 0 Å². The molecule has 18 heavy (non-hydrogen) atoms. The zero-order valence-electron chi connectivity index (χ0n) is 13.6. The zero-order chi connectivity index (χ0) is 13.6. The van der Waals surface area contributed by atoms with Gasteiger partial charge in [0.05, 0.1) is 34.6 Å². The van der Waals surface area contributed by atoms with Gasteiger partial charge in [-0.1, -0.05) is 55.4 Å². The lowest BCUT2D eigenvalue weighted by Crippen LogP contribution is -2.56. The van der Waals surface area contributed by atoms with E-state index in [1.54, 1.807) is 0 Å². The van der Waals surface area contributed by atoms with Gasteiger partial charge < -0.3 is 4.48 Å². The first-order valence-electron chi connectivity index (χ1n) is 7.52. The molecule has 0 unspecified atom stereocenters. The van der Waals surface area contributed by atoms with Crippen molar-refractivity contribution in [2.75, 3.05) is 26.2 Å². The number of hydrogen-bond donors (Lipinski definition) is 0. The Labute approximate surface area is 119 Å². The summed E-state index contributed by atoms with van der Waals surface area (Å²) in [6.07, 6.45) is 0. The molecule has 0 amide bonds. The van der Waals surface area contributed by atoms with Gasteiger partial charge in [-0.15, -0.1) is 0 Å². The molecule has 0 aromatic carbocycles. The van der Waals surface area contributed by atoms with Crippen molar-refractivity contribution < 1.29 is 4.48 Å². The summed E-state index contributed by atoms with van der Waals surface area (Å²) >= 11 is 0. The van der Waals surface area contributed by atoms with E-state index in [0.29, 0.717) is 0 Å². The van der Waals surface area contributed by atoms with Gasteiger partial charge in [0.1, 0.15) is 0 Å². The third-order valence-electron chi connectivity index (χ3n) is 3.01. The SMILES string of the molecule is B.CC(C)C[N+](CC(C)C)(CC(C)C)CC(C)C. The van der Waals surface area contributed by atoms with Crippen molar-refractivity contribution in [2.45, 2.75) is 55.4 Å². The number of quaternary nitrogens is 1. The van der Waals surface area contributed by atoms with E-state index in [4.69, 9.17) is 0 Å². The highest BCUT2D eigenvalue weighted by molar-refractivity contribution is 5.75. The van der Waals surface area contributed by atoms with Crippen molar-refractivity contribution in [3.63, 3.8) is 0 Å². The molecule has 0 radical (unpaired) electrons. The quantitative estimate of drug-likeness (QED) is 0.462. The van der Waals surface area contributed by atoms with Crippen LogP contribution in [-0.2, 0) is 0 Å². The number of nitrogens with zero attached hydrogens (tertiary/aromatic N) is 1. The summed E-state index contributed by atoms with van der Waals surface area (Å²) in [5.41, 5.74) is 0. The Bertz CT molecular complexity index is 152. The number of rotatable bonds is 8. The Hall–Kier alpha value is 0.0249. The minimum absolute atomic E-state index is 0. The van der Waals surface area contributed by atoms with E-state index in [2.05, 4.69) is 55.4 Å². The van der Waals surface area contributed by atoms with E-state index < -0.39 is 0 Å². The van der Waals surface area contributed by atoms with Crippen LogP contribution in [0.4, 0.5) is 0 Å².